The van der Waals surface area contributed by atoms with Crippen molar-refractivity contribution in [3.63, 3.8) is 0 Å². The first-order valence-corrected chi connectivity index (χ1v) is 6.31. The largest absolute Gasteiger partial charge is 0.351 e. The Morgan fingerprint density at radius 3 is 2.80 bits per heavy atom. The molecule has 3 heteroatoms. The lowest BCUT2D eigenvalue weighted by Gasteiger charge is -2.06. The van der Waals surface area contributed by atoms with E-state index < -0.39 is 0 Å². The van der Waals surface area contributed by atoms with Gasteiger partial charge in [-0.3, -0.25) is 4.79 Å². The Bertz CT molecular complexity index is 317. The third kappa shape index (κ3) is 4.04. The highest BCUT2D eigenvalue weighted by molar-refractivity contribution is 7.12. The SMILES string of the molecule is Cc1ccsc1C(=O)NCCCC(C)C. The molecule has 1 heterocycles. The molecular formula is C12H19NOS. The molecule has 2 nitrogen and oxygen atoms in total. The summed E-state index contributed by atoms with van der Waals surface area (Å²) in [6.45, 7) is 7.16. The number of aryl methyl sites for hydroxylation is 1. The average Bonchev–Trinajstić information content (AvgIpc) is 2.58. The molecule has 0 aliphatic heterocycles. The summed E-state index contributed by atoms with van der Waals surface area (Å²) in [5.41, 5.74) is 1.07. The van der Waals surface area contributed by atoms with Gasteiger partial charge >= 0.3 is 0 Å². The van der Waals surface area contributed by atoms with E-state index in [9.17, 15) is 4.79 Å². The van der Waals surface area contributed by atoms with E-state index in [1.807, 2.05) is 18.4 Å². The van der Waals surface area contributed by atoms with Gasteiger partial charge in [0.05, 0.1) is 4.88 Å². The van der Waals surface area contributed by atoms with Crippen molar-refractivity contribution in [3.05, 3.63) is 21.9 Å². The normalized spacial score (nSPS) is 10.7. The Hall–Kier alpha value is -0.830. The van der Waals surface area contributed by atoms with Crippen molar-refractivity contribution in [1.82, 2.24) is 5.32 Å². The average molecular weight is 225 g/mol. The summed E-state index contributed by atoms with van der Waals surface area (Å²) < 4.78 is 0. The fourth-order valence-corrected chi connectivity index (χ4v) is 2.24. The molecule has 0 atom stereocenters. The zero-order valence-corrected chi connectivity index (χ0v) is 10.5. The first kappa shape index (κ1) is 12.2. The number of rotatable bonds is 5. The van der Waals surface area contributed by atoms with Crippen molar-refractivity contribution in [2.45, 2.75) is 33.6 Å². The number of nitrogens with one attached hydrogen (secondary N) is 1. The van der Waals surface area contributed by atoms with E-state index in [0.717, 1.165) is 23.4 Å². The predicted molar refractivity (Wildman–Crippen MR) is 65.5 cm³/mol. The standard InChI is InChI=1S/C12H19NOS/c1-9(2)5-4-7-13-12(14)11-10(3)6-8-15-11/h6,8-9H,4-5,7H2,1-3H3,(H,13,14). The van der Waals surface area contributed by atoms with Gasteiger partial charge in [-0.25, -0.2) is 0 Å². The first-order valence-electron chi connectivity index (χ1n) is 5.43. The quantitative estimate of drug-likeness (QED) is 0.766. The number of hydrogen-bond donors (Lipinski definition) is 1. The van der Waals surface area contributed by atoms with E-state index in [-0.39, 0.29) is 5.91 Å². The van der Waals surface area contributed by atoms with Gasteiger partial charge in [0, 0.05) is 6.54 Å². The van der Waals surface area contributed by atoms with Crippen LogP contribution in [0.1, 0.15) is 41.9 Å². The number of thiophene rings is 1. The lowest BCUT2D eigenvalue weighted by atomic mass is 10.1. The van der Waals surface area contributed by atoms with Crippen LogP contribution < -0.4 is 5.32 Å². The van der Waals surface area contributed by atoms with Gasteiger partial charge in [0.1, 0.15) is 0 Å². The van der Waals surface area contributed by atoms with E-state index in [0.29, 0.717) is 5.92 Å². The van der Waals surface area contributed by atoms with Gasteiger partial charge in [0.2, 0.25) is 0 Å². The number of carbonyl (C=O) groups excluding carboxylic acids is 1. The molecule has 1 rings (SSSR count). The third-order valence-electron chi connectivity index (χ3n) is 2.31. The second-order valence-corrected chi connectivity index (χ2v) is 5.14. The molecule has 0 unspecified atom stereocenters. The van der Waals surface area contributed by atoms with Gasteiger partial charge in [-0.15, -0.1) is 11.3 Å². The maximum atomic E-state index is 11.7. The Morgan fingerprint density at radius 2 is 2.27 bits per heavy atom. The van der Waals surface area contributed by atoms with Gasteiger partial charge in [-0.2, -0.15) is 0 Å². The van der Waals surface area contributed by atoms with E-state index in [1.54, 1.807) is 0 Å². The van der Waals surface area contributed by atoms with E-state index in [1.165, 1.54) is 17.8 Å². The Kier molecular flexibility index (Phi) is 4.82. The molecule has 0 fully saturated rings. The predicted octanol–water partition coefficient (Wildman–Crippen LogP) is 3.22. The molecule has 0 saturated heterocycles. The fraction of sp³-hybridized carbons (Fsp3) is 0.583. The van der Waals surface area contributed by atoms with Crippen LogP contribution in [-0.4, -0.2) is 12.5 Å². The Morgan fingerprint density at radius 1 is 1.53 bits per heavy atom. The van der Waals surface area contributed by atoms with Crippen LogP contribution in [0.3, 0.4) is 0 Å². The molecule has 1 aromatic heterocycles. The van der Waals surface area contributed by atoms with Crippen LogP contribution in [0.15, 0.2) is 11.4 Å². The summed E-state index contributed by atoms with van der Waals surface area (Å²) >= 11 is 1.51. The van der Waals surface area contributed by atoms with Crippen molar-refractivity contribution in [1.29, 1.82) is 0 Å². The number of carbonyl (C=O) groups is 1. The van der Waals surface area contributed by atoms with E-state index in [4.69, 9.17) is 0 Å². The molecule has 0 bridgehead atoms. The summed E-state index contributed by atoms with van der Waals surface area (Å²) in [6.07, 6.45) is 2.23. The minimum Gasteiger partial charge on any atom is -0.351 e. The molecule has 0 aliphatic rings. The Balaban J connectivity index is 2.28. The second-order valence-electron chi connectivity index (χ2n) is 4.22. The van der Waals surface area contributed by atoms with Gasteiger partial charge < -0.3 is 5.32 Å². The highest BCUT2D eigenvalue weighted by Gasteiger charge is 2.08. The molecule has 15 heavy (non-hydrogen) atoms. The highest BCUT2D eigenvalue weighted by atomic mass is 32.1. The molecule has 0 aromatic carbocycles. The summed E-state index contributed by atoms with van der Waals surface area (Å²) in [5.74, 6) is 0.789. The molecular weight excluding hydrogens is 206 g/mol. The van der Waals surface area contributed by atoms with Gasteiger partial charge in [0.15, 0.2) is 0 Å². The maximum absolute atomic E-state index is 11.7. The van der Waals surface area contributed by atoms with Crippen molar-refractivity contribution in [3.8, 4) is 0 Å². The van der Waals surface area contributed by atoms with Crippen molar-refractivity contribution in [2.75, 3.05) is 6.54 Å². The topological polar surface area (TPSA) is 29.1 Å². The zero-order chi connectivity index (χ0) is 11.3. The molecule has 1 amide bonds. The molecule has 0 spiro atoms. The van der Waals surface area contributed by atoms with Gasteiger partial charge in [-0.05, 0) is 42.7 Å². The van der Waals surface area contributed by atoms with Crippen molar-refractivity contribution >= 4 is 17.2 Å². The lowest BCUT2D eigenvalue weighted by Crippen LogP contribution is -2.24. The molecule has 0 aliphatic carbocycles. The molecule has 0 radical (unpaired) electrons. The summed E-state index contributed by atoms with van der Waals surface area (Å²) in [5, 5.41) is 4.91. The van der Waals surface area contributed by atoms with Crippen LogP contribution in [0.2, 0.25) is 0 Å². The maximum Gasteiger partial charge on any atom is 0.261 e. The van der Waals surface area contributed by atoms with Crippen molar-refractivity contribution < 1.29 is 4.79 Å². The number of hydrogen-bond acceptors (Lipinski definition) is 2. The fourth-order valence-electron chi connectivity index (χ4n) is 1.40. The summed E-state index contributed by atoms with van der Waals surface area (Å²) in [6, 6.07) is 1.98. The van der Waals surface area contributed by atoms with Crippen LogP contribution in [-0.2, 0) is 0 Å². The highest BCUT2D eigenvalue weighted by Crippen LogP contribution is 2.14. The summed E-state index contributed by atoms with van der Waals surface area (Å²) in [4.78, 5) is 12.5. The first-order chi connectivity index (χ1) is 7.11. The van der Waals surface area contributed by atoms with Crippen LogP contribution >= 0.6 is 11.3 Å². The third-order valence-corrected chi connectivity index (χ3v) is 3.33. The van der Waals surface area contributed by atoms with Gasteiger partial charge in [-0.1, -0.05) is 13.8 Å². The Labute approximate surface area is 95.7 Å². The monoisotopic (exact) mass is 225 g/mol. The van der Waals surface area contributed by atoms with E-state index in [2.05, 4.69) is 19.2 Å². The minimum absolute atomic E-state index is 0.0752. The van der Waals surface area contributed by atoms with Crippen LogP contribution in [0.25, 0.3) is 0 Å². The minimum atomic E-state index is 0.0752. The number of amides is 1. The second kappa shape index (κ2) is 5.91. The zero-order valence-electron chi connectivity index (χ0n) is 9.67. The molecule has 0 saturated carbocycles. The lowest BCUT2D eigenvalue weighted by molar-refractivity contribution is 0.0956. The summed E-state index contributed by atoms with van der Waals surface area (Å²) in [7, 11) is 0. The van der Waals surface area contributed by atoms with Gasteiger partial charge in [0.25, 0.3) is 5.91 Å². The van der Waals surface area contributed by atoms with E-state index >= 15 is 0 Å². The van der Waals surface area contributed by atoms with Crippen LogP contribution in [0.5, 0.6) is 0 Å². The molecule has 84 valence electrons. The van der Waals surface area contributed by atoms with Crippen LogP contribution in [0, 0.1) is 12.8 Å². The smallest absolute Gasteiger partial charge is 0.261 e. The molecule has 1 N–H and O–H groups in total. The van der Waals surface area contributed by atoms with Crippen LogP contribution in [0.4, 0.5) is 0 Å². The molecule has 1 aromatic rings. The van der Waals surface area contributed by atoms with Crippen molar-refractivity contribution in [2.24, 2.45) is 5.92 Å².